The summed E-state index contributed by atoms with van der Waals surface area (Å²) in [5, 5.41) is 24.2. The number of aliphatic hydroxyl groups excluding tert-OH is 2. The number of nitrogens with one attached hydrogen (secondary N) is 1. The summed E-state index contributed by atoms with van der Waals surface area (Å²) in [4.78, 5) is 12.2. The molecule has 4 fully saturated rings. The van der Waals surface area contributed by atoms with Gasteiger partial charge in [0.05, 0.1) is 18.0 Å². The average Bonchev–Trinajstić information content (AvgIpc) is 3.09. The molecule has 7 nitrogen and oxygen atoms in total. The van der Waals surface area contributed by atoms with Crippen LogP contribution in [0, 0.1) is 46.3 Å². The van der Waals surface area contributed by atoms with Crippen LogP contribution >= 0.6 is 0 Å². The van der Waals surface area contributed by atoms with Crippen molar-refractivity contribution in [2.45, 2.75) is 97.2 Å². The van der Waals surface area contributed by atoms with E-state index in [0.717, 1.165) is 51.4 Å². The van der Waals surface area contributed by atoms with Crippen molar-refractivity contribution in [3.8, 4) is 0 Å². The van der Waals surface area contributed by atoms with Gasteiger partial charge < -0.3 is 15.5 Å². The third-order valence-electron chi connectivity index (χ3n) is 10.9. The van der Waals surface area contributed by atoms with Crippen molar-refractivity contribution in [2.24, 2.45) is 46.3 Å². The molecule has 0 heterocycles. The average molecular weight is 500 g/mol. The van der Waals surface area contributed by atoms with Gasteiger partial charge in [-0.15, -0.1) is 0 Å². The number of rotatable bonds is 7. The minimum Gasteiger partial charge on any atom is -0.393 e. The SMILES string of the molecule is C[C@H](CCC(=O)NCCS(=O)(=O)O)[C@H]1CC[C@H]2[C@@H]3[C@@H](O)C[C@H]4C[C@H](O)CC[C@]4(C)[C@H]3CC[C@]12C. The molecule has 0 aliphatic heterocycles. The monoisotopic (exact) mass is 499 g/mol. The van der Waals surface area contributed by atoms with Crippen molar-refractivity contribution >= 4 is 16.0 Å². The first kappa shape index (κ1) is 26.4. The lowest BCUT2D eigenvalue weighted by Gasteiger charge is -2.62. The highest BCUT2D eigenvalue weighted by molar-refractivity contribution is 7.85. The third kappa shape index (κ3) is 4.94. The van der Waals surface area contributed by atoms with Crippen LogP contribution in [-0.2, 0) is 14.9 Å². The molecule has 4 aliphatic carbocycles. The highest BCUT2D eigenvalue weighted by Gasteiger charge is 2.62. The predicted octanol–water partition coefficient (Wildman–Crippen LogP) is 3.40. The Morgan fingerprint density at radius 1 is 1.03 bits per heavy atom. The zero-order valence-corrected chi connectivity index (χ0v) is 21.9. The minimum atomic E-state index is -4.06. The molecule has 0 spiro atoms. The molecule has 4 rings (SSSR count). The Hall–Kier alpha value is -0.700. The molecule has 10 atom stereocenters. The molecule has 0 aromatic heterocycles. The fourth-order valence-electron chi connectivity index (χ4n) is 9.14. The first-order chi connectivity index (χ1) is 15.8. The van der Waals surface area contributed by atoms with Crippen molar-refractivity contribution in [1.29, 1.82) is 0 Å². The van der Waals surface area contributed by atoms with Gasteiger partial charge in [-0.25, -0.2) is 0 Å². The van der Waals surface area contributed by atoms with Gasteiger partial charge in [-0.2, -0.15) is 8.42 Å². The number of fused-ring (bicyclic) bond motifs is 5. The molecule has 4 aliphatic rings. The molecule has 8 heteroatoms. The van der Waals surface area contributed by atoms with E-state index in [0.29, 0.717) is 41.9 Å². The Morgan fingerprint density at radius 2 is 1.71 bits per heavy atom. The maximum absolute atomic E-state index is 12.2. The van der Waals surface area contributed by atoms with Gasteiger partial charge >= 0.3 is 0 Å². The van der Waals surface area contributed by atoms with Crippen molar-refractivity contribution in [3.63, 3.8) is 0 Å². The summed E-state index contributed by atoms with van der Waals surface area (Å²) in [6.07, 6.45) is 8.87. The number of hydrogen-bond acceptors (Lipinski definition) is 5. The van der Waals surface area contributed by atoms with Crippen LogP contribution in [0.4, 0.5) is 0 Å². The topological polar surface area (TPSA) is 124 Å². The smallest absolute Gasteiger partial charge is 0.266 e. The van der Waals surface area contributed by atoms with Gasteiger partial charge in [0, 0.05) is 13.0 Å². The number of carbonyl (C=O) groups is 1. The summed E-state index contributed by atoms with van der Waals surface area (Å²) in [7, 11) is -4.06. The van der Waals surface area contributed by atoms with Gasteiger partial charge in [0.1, 0.15) is 0 Å². The quantitative estimate of drug-likeness (QED) is 0.398. The van der Waals surface area contributed by atoms with Crippen molar-refractivity contribution in [3.05, 3.63) is 0 Å². The molecule has 34 heavy (non-hydrogen) atoms. The zero-order chi connectivity index (χ0) is 24.9. The normalized spacial score (nSPS) is 45.1. The maximum atomic E-state index is 12.2. The number of aliphatic hydroxyl groups is 2. The molecular formula is C26H45NO6S. The van der Waals surface area contributed by atoms with Gasteiger partial charge in [-0.05, 0) is 104 Å². The predicted molar refractivity (Wildman–Crippen MR) is 130 cm³/mol. The Kier molecular flexibility index (Phi) is 7.47. The van der Waals surface area contributed by atoms with Crippen LogP contribution in [0.25, 0.3) is 0 Å². The Labute approximate surface area is 205 Å². The lowest BCUT2D eigenvalue weighted by molar-refractivity contribution is -0.174. The first-order valence-electron chi connectivity index (χ1n) is 13.4. The third-order valence-corrected chi connectivity index (χ3v) is 11.6. The fraction of sp³-hybridized carbons (Fsp3) is 0.962. The van der Waals surface area contributed by atoms with Crippen LogP contribution < -0.4 is 5.32 Å². The minimum absolute atomic E-state index is 0.0625. The van der Waals surface area contributed by atoms with Gasteiger partial charge in [-0.1, -0.05) is 20.8 Å². The Morgan fingerprint density at radius 3 is 2.41 bits per heavy atom. The van der Waals surface area contributed by atoms with Gasteiger partial charge in [-0.3, -0.25) is 9.35 Å². The van der Waals surface area contributed by atoms with Crippen LogP contribution in [-0.4, -0.2) is 53.6 Å². The summed E-state index contributed by atoms with van der Waals surface area (Å²) in [6.45, 7) is 7.05. The van der Waals surface area contributed by atoms with Gasteiger partial charge in [0.2, 0.25) is 5.91 Å². The Bertz CT molecular complexity index is 863. The van der Waals surface area contributed by atoms with Crippen LogP contribution in [0.5, 0.6) is 0 Å². The standard InChI is InChI=1S/C26H45NO6S/c1-16(4-7-23(30)27-12-13-34(31,32)33)19-5-6-20-24-21(9-11-26(19,20)3)25(2)10-8-18(28)14-17(25)15-22(24)29/h16-22,24,28-29H,4-15H2,1-3H3,(H,27,30)(H,31,32,33)/t16-,17-,18-,19-,20+,21+,22+,24+,25+,26-/m1/s1. The van der Waals surface area contributed by atoms with Crippen molar-refractivity contribution in [1.82, 2.24) is 5.32 Å². The van der Waals surface area contributed by atoms with E-state index in [-0.39, 0.29) is 35.5 Å². The number of amides is 1. The molecule has 0 radical (unpaired) electrons. The van der Waals surface area contributed by atoms with Crippen molar-refractivity contribution < 1.29 is 28.0 Å². The van der Waals surface area contributed by atoms with Crippen LogP contribution in [0.3, 0.4) is 0 Å². The molecular weight excluding hydrogens is 454 g/mol. The van der Waals surface area contributed by atoms with E-state index in [2.05, 4.69) is 26.1 Å². The van der Waals surface area contributed by atoms with E-state index in [1.54, 1.807) is 0 Å². The van der Waals surface area contributed by atoms with E-state index in [1.165, 1.54) is 6.42 Å². The first-order valence-corrected chi connectivity index (χ1v) is 15.0. The largest absolute Gasteiger partial charge is 0.393 e. The highest BCUT2D eigenvalue weighted by Crippen LogP contribution is 2.68. The van der Waals surface area contributed by atoms with E-state index in [9.17, 15) is 23.4 Å². The summed E-state index contributed by atoms with van der Waals surface area (Å²) >= 11 is 0. The van der Waals surface area contributed by atoms with E-state index >= 15 is 0 Å². The summed E-state index contributed by atoms with van der Waals surface area (Å²) in [6, 6.07) is 0. The van der Waals surface area contributed by atoms with Gasteiger partial charge in [0.25, 0.3) is 10.1 Å². The summed E-state index contributed by atoms with van der Waals surface area (Å²) in [5.41, 5.74) is 0.411. The second kappa shape index (κ2) is 9.64. The molecule has 1 amide bonds. The second-order valence-corrected chi connectivity index (χ2v) is 14.2. The number of hydrogen-bond donors (Lipinski definition) is 4. The molecule has 0 aromatic rings. The second-order valence-electron chi connectivity index (χ2n) is 12.6. The molecule has 196 valence electrons. The van der Waals surface area contributed by atoms with E-state index in [4.69, 9.17) is 4.55 Å². The molecule has 0 unspecified atom stereocenters. The van der Waals surface area contributed by atoms with Crippen LogP contribution in [0.2, 0.25) is 0 Å². The lowest BCUT2D eigenvalue weighted by Crippen LogP contribution is -2.58. The molecule has 0 aromatic carbocycles. The summed E-state index contributed by atoms with van der Waals surface area (Å²) in [5.74, 6) is 2.10. The summed E-state index contributed by atoms with van der Waals surface area (Å²) < 4.78 is 30.5. The Balaban J connectivity index is 1.39. The van der Waals surface area contributed by atoms with Crippen LogP contribution in [0.1, 0.15) is 85.0 Å². The lowest BCUT2D eigenvalue weighted by atomic mass is 9.43. The number of carbonyl (C=O) groups excluding carboxylic acids is 1. The van der Waals surface area contributed by atoms with E-state index < -0.39 is 15.9 Å². The highest BCUT2D eigenvalue weighted by atomic mass is 32.2. The maximum Gasteiger partial charge on any atom is 0.266 e. The molecule has 0 saturated heterocycles. The fourth-order valence-corrected chi connectivity index (χ4v) is 9.50. The molecule has 0 bridgehead atoms. The van der Waals surface area contributed by atoms with Gasteiger partial charge in [0.15, 0.2) is 0 Å². The van der Waals surface area contributed by atoms with Crippen LogP contribution in [0.15, 0.2) is 0 Å². The zero-order valence-electron chi connectivity index (χ0n) is 21.1. The van der Waals surface area contributed by atoms with Crippen molar-refractivity contribution in [2.75, 3.05) is 12.3 Å². The van der Waals surface area contributed by atoms with E-state index in [1.807, 2.05) is 0 Å². The molecule has 4 N–H and O–H groups in total. The molecule has 4 saturated carbocycles.